The van der Waals surface area contributed by atoms with E-state index in [1.54, 1.807) is 19.1 Å². The Bertz CT molecular complexity index is 878. The van der Waals surface area contributed by atoms with Crippen molar-refractivity contribution in [1.29, 1.82) is 0 Å². The van der Waals surface area contributed by atoms with Crippen LogP contribution >= 0.6 is 0 Å². The number of amides is 1. The van der Waals surface area contributed by atoms with Crippen LogP contribution in [0.4, 0.5) is 0 Å². The molecule has 0 aliphatic carbocycles. The second-order valence-electron chi connectivity index (χ2n) is 6.89. The number of ether oxygens (including phenoxy) is 3. The summed E-state index contributed by atoms with van der Waals surface area (Å²) >= 11 is 0. The first-order chi connectivity index (χ1) is 14.7. The fourth-order valence-electron chi connectivity index (χ4n) is 3.16. The third kappa shape index (κ3) is 6.37. The quantitative estimate of drug-likeness (QED) is 0.441. The van der Waals surface area contributed by atoms with Gasteiger partial charge in [-0.1, -0.05) is 30.3 Å². The van der Waals surface area contributed by atoms with Crippen LogP contribution in [-0.2, 0) is 20.9 Å². The molecular weight excluding hydrogens is 382 g/mol. The number of rotatable bonds is 10. The smallest absolute Gasteiger partial charge is 0.330 e. The van der Waals surface area contributed by atoms with E-state index in [0.717, 1.165) is 24.1 Å². The van der Waals surface area contributed by atoms with Crippen LogP contribution < -0.4 is 9.47 Å². The third-order valence-electron chi connectivity index (χ3n) is 4.71. The van der Waals surface area contributed by atoms with Gasteiger partial charge in [-0.15, -0.1) is 0 Å². The molecule has 0 unspecified atom stereocenters. The van der Waals surface area contributed by atoms with Crippen LogP contribution in [0.5, 0.6) is 11.5 Å². The Labute approximate surface area is 177 Å². The van der Waals surface area contributed by atoms with Gasteiger partial charge in [-0.05, 0) is 37.1 Å². The highest BCUT2D eigenvalue weighted by Gasteiger charge is 2.19. The van der Waals surface area contributed by atoms with E-state index in [1.807, 2.05) is 47.4 Å². The number of esters is 1. The Hall–Kier alpha value is -3.28. The van der Waals surface area contributed by atoms with E-state index >= 15 is 0 Å². The molecule has 1 fully saturated rings. The molecule has 0 spiro atoms. The van der Waals surface area contributed by atoms with E-state index in [4.69, 9.17) is 14.2 Å². The number of benzene rings is 2. The van der Waals surface area contributed by atoms with Gasteiger partial charge in [-0.2, -0.15) is 0 Å². The fourth-order valence-corrected chi connectivity index (χ4v) is 3.16. The number of likely N-dealkylation sites (tertiary alicyclic amines) is 1. The van der Waals surface area contributed by atoms with Crippen LogP contribution in [0.2, 0.25) is 0 Å². The van der Waals surface area contributed by atoms with Crippen LogP contribution in [0.1, 0.15) is 30.9 Å². The average molecular weight is 409 g/mol. The van der Waals surface area contributed by atoms with Crippen molar-refractivity contribution >= 4 is 18.0 Å². The molecule has 0 bridgehead atoms. The minimum absolute atomic E-state index is 0.185. The van der Waals surface area contributed by atoms with Gasteiger partial charge in [0.05, 0.1) is 13.2 Å². The van der Waals surface area contributed by atoms with Crippen molar-refractivity contribution in [2.45, 2.75) is 26.4 Å². The highest BCUT2D eigenvalue weighted by Crippen LogP contribution is 2.27. The maximum Gasteiger partial charge on any atom is 0.330 e. The van der Waals surface area contributed by atoms with Gasteiger partial charge in [0.25, 0.3) is 0 Å². The summed E-state index contributed by atoms with van der Waals surface area (Å²) in [6, 6.07) is 15.3. The van der Waals surface area contributed by atoms with Gasteiger partial charge >= 0.3 is 5.97 Å². The topological polar surface area (TPSA) is 65.1 Å². The Kier molecular flexibility index (Phi) is 7.89. The summed E-state index contributed by atoms with van der Waals surface area (Å²) in [6.07, 6.45) is 4.59. The molecule has 1 saturated heterocycles. The Morgan fingerprint density at radius 1 is 1.13 bits per heavy atom. The summed E-state index contributed by atoms with van der Waals surface area (Å²) in [4.78, 5) is 25.2. The molecule has 0 radical (unpaired) electrons. The lowest BCUT2D eigenvalue weighted by Gasteiger charge is -2.16. The van der Waals surface area contributed by atoms with Crippen molar-refractivity contribution in [3.8, 4) is 11.5 Å². The van der Waals surface area contributed by atoms with Crippen molar-refractivity contribution in [2.75, 3.05) is 26.3 Å². The largest absolute Gasteiger partial charge is 0.492 e. The van der Waals surface area contributed by atoms with Gasteiger partial charge in [0, 0.05) is 30.7 Å². The molecule has 1 heterocycles. The molecule has 1 amide bonds. The first-order valence-corrected chi connectivity index (χ1v) is 10.2. The van der Waals surface area contributed by atoms with E-state index < -0.39 is 5.97 Å². The number of hydrogen-bond donors (Lipinski definition) is 0. The summed E-state index contributed by atoms with van der Waals surface area (Å²) in [5.41, 5.74) is 1.79. The average Bonchev–Trinajstić information content (AvgIpc) is 3.17. The van der Waals surface area contributed by atoms with E-state index in [-0.39, 0.29) is 5.91 Å². The monoisotopic (exact) mass is 409 g/mol. The Balaban J connectivity index is 1.67. The molecule has 158 valence electrons. The minimum atomic E-state index is -0.401. The standard InChI is InChI=1S/C24H27NO5/c1-2-28-24(27)13-11-20-10-12-21(29-16-15-25-14-6-9-23(25)26)17-22(20)30-18-19-7-4-3-5-8-19/h3-5,7-8,10-13,17H,2,6,9,14-16,18H2,1H3. The lowest BCUT2D eigenvalue weighted by molar-refractivity contribution is -0.137. The molecule has 1 aliphatic heterocycles. The molecule has 6 nitrogen and oxygen atoms in total. The number of carbonyl (C=O) groups excluding carboxylic acids is 2. The predicted octanol–water partition coefficient (Wildman–Crippen LogP) is 3.84. The molecule has 3 rings (SSSR count). The van der Waals surface area contributed by atoms with E-state index in [1.165, 1.54) is 6.08 Å². The van der Waals surface area contributed by atoms with Gasteiger partial charge < -0.3 is 19.1 Å². The SMILES string of the molecule is CCOC(=O)C=Cc1ccc(OCCN2CCCC2=O)cc1OCc1ccccc1. The number of hydrogen-bond acceptors (Lipinski definition) is 5. The predicted molar refractivity (Wildman–Crippen MR) is 114 cm³/mol. The summed E-state index contributed by atoms with van der Waals surface area (Å²) in [5, 5.41) is 0. The molecule has 2 aromatic rings. The van der Waals surface area contributed by atoms with Crippen LogP contribution in [-0.4, -0.2) is 43.1 Å². The maximum atomic E-state index is 11.7. The molecule has 0 N–H and O–H groups in total. The lowest BCUT2D eigenvalue weighted by atomic mass is 10.1. The molecule has 1 aliphatic rings. The molecular formula is C24H27NO5. The van der Waals surface area contributed by atoms with Crippen molar-refractivity contribution in [1.82, 2.24) is 4.90 Å². The zero-order chi connectivity index (χ0) is 21.2. The molecule has 6 heteroatoms. The lowest BCUT2D eigenvalue weighted by Crippen LogP contribution is -2.29. The molecule has 0 saturated carbocycles. The number of nitrogens with zero attached hydrogens (tertiary/aromatic N) is 1. The van der Waals surface area contributed by atoms with E-state index in [2.05, 4.69) is 0 Å². The van der Waals surface area contributed by atoms with Crippen molar-refractivity contribution in [3.63, 3.8) is 0 Å². The Morgan fingerprint density at radius 3 is 2.70 bits per heavy atom. The van der Waals surface area contributed by atoms with Gasteiger partial charge in [0.15, 0.2) is 0 Å². The van der Waals surface area contributed by atoms with Crippen LogP contribution in [0.3, 0.4) is 0 Å². The van der Waals surface area contributed by atoms with Crippen LogP contribution in [0, 0.1) is 0 Å². The summed E-state index contributed by atoms with van der Waals surface area (Å²) in [5.74, 6) is 1.04. The van der Waals surface area contributed by atoms with Gasteiger partial charge in [0.1, 0.15) is 24.7 Å². The first-order valence-electron chi connectivity index (χ1n) is 10.2. The van der Waals surface area contributed by atoms with Crippen LogP contribution in [0.15, 0.2) is 54.6 Å². The zero-order valence-corrected chi connectivity index (χ0v) is 17.2. The fraction of sp³-hybridized carbons (Fsp3) is 0.333. The minimum Gasteiger partial charge on any atom is -0.492 e. The Morgan fingerprint density at radius 2 is 1.97 bits per heavy atom. The normalized spacial score (nSPS) is 13.6. The first kappa shape index (κ1) is 21.4. The van der Waals surface area contributed by atoms with E-state index in [0.29, 0.717) is 44.3 Å². The van der Waals surface area contributed by atoms with E-state index in [9.17, 15) is 9.59 Å². The van der Waals surface area contributed by atoms with Crippen LogP contribution in [0.25, 0.3) is 6.08 Å². The second-order valence-corrected chi connectivity index (χ2v) is 6.89. The van der Waals surface area contributed by atoms with Crippen molar-refractivity contribution in [2.24, 2.45) is 0 Å². The van der Waals surface area contributed by atoms with Crippen molar-refractivity contribution in [3.05, 3.63) is 65.7 Å². The molecule has 0 aromatic heterocycles. The summed E-state index contributed by atoms with van der Waals surface area (Å²) in [7, 11) is 0. The molecule has 2 aromatic carbocycles. The molecule has 0 atom stereocenters. The van der Waals surface area contributed by atoms with Gasteiger partial charge in [0.2, 0.25) is 5.91 Å². The van der Waals surface area contributed by atoms with Crippen molar-refractivity contribution < 1.29 is 23.8 Å². The summed E-state index contributed by atoms with van der Waals surface area (Å²) < 4.78 is 16.8. The highest BCUT2D eigenvalue weighted by molar-refractivity contribution is 5.87. The van der Waals surface area contributed by atoms with Gasteiger partial charge in [-0.25, -0.2) is 4.79 Å². The zero-order valence-electron chi connectivity index (χ0n) is 17.2. The van der Waals surface area contributed by atoms with Gasteiger partial charge in [-0.3, -0.25) is 4.79 Å². The third-order valence-corrected chi connectivity index (χ3v) is 4.71. The molecule has 30 heavy (non-hydrogen) atoms. The second kappa shape index (κ2) is 11.0. The number of carbonyl (C=O) groups is 2. The maximum absolute atomic E-state index is 11.7. The highest BCUT2D eigenvalue weighted by atomic mass is 16.5. The summed E-state index contributed by atoms with van der Waals surface area (Å²) in [6.45, 7) is 4.28.